The second-order valence-electron chi connectivity index (χ2n) is 6.22. The van der Waals surface area contributed by atoms with Crippen LogP contribution in [0, 0.1) is 0 Å². The lowest BCUT2D eigenvalue weighted by molar-refractivity contribution is -0.121. The first kappa shape index (κ1) is 17.0. The Labute approximate surface area is 152 Å². The number of halogens is 1. The van der Waals surface area contributed by atoms with Crippen molar-refractivity contribution in [2.45, 2.75) is 31.7 Å². The van der Waals surface area contributed by atoms with Crippen LogP contribution in [-0.4, -0.2) is 25.0 Å². The second-order valence-corrected chi connectivity index (χ2v) is 7.07. The molecule has 24 heavy (non-hydrogen) atoms. The third-order valence-electron chi connectivity index (χ3n) is 4.58. The molecular formula is C20H23BrN2O. The van der Waals surface area contributed by atoms with Gasteiger partial charge in [-0.2, -0.15) is 0 Å². The van der Waals surface area contributed by atoms with Crippen LogP contribution in [0.2, 0.25) is 0 Å². The summed E-state index contributed by atoms with van der Waals surface area (Å²) in [7, 11) is 0. The highest BCUT2D eigenvalue weighted by Crippen LogP contribution is 2.24. The normalized spacial score (nSPS) is 17.0. The maximum atomic E-state index is 12.2. The molecule has 1 atom stereocenters. The fraction of sp³-hybridized carbons (Fsp3) is 0.350. The molecule has 1 heterocycles. The highest BCUT2D eigenvalue weighted by Gasteiger charge is 2.24. The minimum atomic E-state index is 0.130. The van der Waals surface area contributed by atoms with E-state index in [-0.39, 0.29) is 5.91 Å². The summed E-state index contributed by atoms with van der Waals surface area (Å²) in [5.41, 5.74) is 2.43. The van der Waals surface area contributed by atoms with Gasteiger partial charge in [-0.25, -0.2) is 0 Å². The Kier molecular flexibility index (Phi) is 5.91. The van der Waals surface area contributed by atoms with Crippen molar-refractivity contribution in [3.63, 3.8) is 0 Å². The standard InChI is InChI=1S/C20H23BrN2O/c21-19-11-5-4-7-16(19)12-13-20(24)22-15-18-10-6-14-23(18)17-8-2-1-3-9-17/h1-5,7-9,11,18H,6,10,12-15H2,(H,22,24)/t18-/m0/s1. The predicted molar refractivity (Wildman–Crippen MR) is 102 cm³/mol. The first-order valence-electron chi connectivity index (χ1n) is 8.56. The predicted octanol–water partition coefficient (Wildman–Crippen LogP) is 4.17. The van der Waals surface area contributed by atoms with Crippen molar-refractivity contribution >= 4 is 27.5 Å². The molecule has 1 fully saturated rings. The number of benzene rings is 2. The van der Waals surface area contributed by atoms with Crippen LogP contribution in [0.1, 0.15) is 24.8 Å². The molecule has 3 nitrogen and oxygen atoms in total. The van der Waals surface area contributed by atoms with E-state index in [1.807, 2.05) is 24.3 Å². The Bertz CT molecular complexity index is 674. The number of aryl methyl sites for hydroxylation is 1. The van der Waals surface area contributed by atoms with Gasteiger partial charge >= 0.3 is 0 Å². The van der Waals surface area contributed by atoms with Crippen molar-refractivity contribution in [1.82, 2.24) is 5.32 Å². The molecule has 0 radical (unpaired) electrons. The number of para-hydroxylation sites is 1. The van der Waals surface area contributed by atoms with Crippen molar-refractivity contribution < 1.29 is 4.79 Å². The van der Waals surface area contributed by atoms with Crippen molar-refractivity contribution in [3.05, 3.63) is 64.6 Å². The largest absolute Gasteiger partial charge is 0.367 e. The first-order valence-corrected chi connectivity index (χ1v) is 9.35. The SMILES string of the molecule is O=C(CCc1ccccc1Br)NC[C@@H]1CCCN1c1ccccc1. The molecule has 4 heteroatoms. The van der Waals surface area contributed by atoms with Gasteiger partial charge in [0.1, 0.15) is 0 Å². The van der Waals surface area contributed by atoms with E-state index in [4.69, 9.17) is 0 Å². The molecule has 0 spiro atoms. The maximum absolute atomic E-state index is 12.2. The number of carbonyl (C=O) groups excluding carboxylic acids is 1. The van der Waals surface area contributed by atoms with Crippen LogP contribution in [0.15, 0.2) is 59.1 Å². The lowest BCUT2D eigenvalue weighted by Gasteiger charge is -2.27. The monoisotopic (exact) mass is 386 g/mol. The summed E-state index contributed by atoms with van der Waals surface area (Å²) in [4.78, 5) is 14.6. The highest BCUT2D eigenvalue weighted by atomic mass is 79.9. The van der Waals surface area contributed by atoms with Crippen molar-refractivity contribution in [2.24, 2.45) is 0 Å². The van der Waals surface area contributed by atoms with Crippen molar-refractivity contribution in [3.8, 4) is 0 Å². The topological polar surface area (TPSA) is 32.3 Å². The number of nitrogens with one attached hydrogen (secondary N) is 1. The van der Waals surface area contributed by atoms with Crippen LogP contribution in [0.3, 0.4) is 0 Å². The molecule has 1 N–H and O–H groups in total. The molecule has 1 aliphatic heterocycles. The smallest absolute Gasteiger partial charge is 0.220 e. The quantitative estimate of drug-likeness (QED) is 0.807. The fourth-order valence-corrected chi connectivity index (χ4v) is 3.76. The first-order chi connectivity index (χ1) is 11.7. The molecule has 126 valence electrons. The Morgan fingerprint density at radius 2 is 1.88 bits per heavy atom. The van der Waals surface area contributed by atoms with Crippen LogP contribution in [0.5, 0.6) is 0 Å². The van der Waals surface area contributed by atoms with Crippen LogP contribution in [-0.2, 0) is 11.2 Å². The van der Waals surface area contributed by atoms with Gasteiger partial charge in [-0.3, -0.25) is 4.79 Å². The Hall–Kier alpha value is -1.81. The lowest BCUT2D eigenvalue weighted by Crippen LogP contribution is -2.40. The van der Waals surface area contributed by atoms with E-state index < -0.39 is 0 Å². The highest BCUT2D eigenvalue weighted by molar-refractivity contribution is 9.10. The van der Waals surface area contributed by atoms with Crippen molar-refractivity contribution in [2.75, 3.05) is 18.0 Å². The van der Waals surface area contributed by atoms with Gasteiger partial charge in [0, 0.05) is 35.7 Å². The van der Waals surface area contributed by atoms with E-state index in [2.05, 4.69) is 56.5 Å². The molecule has 0 unspecified atom stereocenters. The Morgan fingerprint density at radius 3 is 2.67 bits per heavy atom. The summed E-state index contributed by atoms with van der Waals surface area (Å²) in [6, 6.07) is 19.0. The molecule has 0 bridgehead atoms. The molecule has 0 saturated carbocycles. The number of nitrogens with zero attached hydrogens (tertiary/aromatic N) is 1. The molecule has 0 aliphatic carbocycles. The number of rotatable bonds is 6. The van der Waals surface area contributed by atoms with Crippen LogP contribution in [0.25, 0.3) is 0 Å². The van der Waals surface area contributed by atoms with E-state index in [1.54, 1.807) is 0 Å². The molecule has 0 aromatic heterocycles. The molecule has 1 amide bonds. The van der Waals surface area contributed by atoms with E-state index in [9.17, 15) is 4.79 Å². The number of hydrogen-bond donors (Lipinski definition) is 1. The third kappa shape index (κ3) is 4.38. The maximum Gasteiger partial charge on any atom is 0.220 e. The van der Waals surface area contributed by atoms with Crippen LogP contribution < -0.4 is 10.2 Å². The minimum absolute atomic E-state index is 0.130. The molecule has 1 aliphatic rings. The second kappa shape index (κ2) is 8.34. The van der Waals surface area contributed by atoms with Gasteiger partial charge in [-0.05, 0) is 43.0 Å². The third-order valence-corrected chi connectivity index (χ3v) is 5.35. The van der Waals surface area contributed by atoms with Gasteiger partial charge in [0.05, 0.1) is 0 Å². The number of hydrogen-bond acceptors (Lipinski definition) is 2. The zero-order valence-electron chi connectivity index (χ0n) is 13.7. The minimum Gasteiger partial charge on any atom is -0.367 e. The van der Waals surface area contributed by atoms with Gasteiger partial charge in [0.2, 0.25) is 5.91 Å². The summed E-state index contributed by atoms with van der Waals surface area (Å²) < 4.78 is 1.07. The zero-order chi connectivity index (χ0) is 16.8. The Balaban J connectivity index is 1.48. The average Bonchev–Trinajstić information content (AvgIpc) is 3.08. The molecular weight excluding hydrogens is 364 g/mol. The molecule has 2 aromatic carbocycles. The number of amides is 1. The van der Waals surface area contributed by atoms with Crippen molar-refractivity contribution in [1.29, 1.82) is 0 Å². The van der Waals surface area contributed by atoms with Gasteiger partial charge in [0.25, 0.3) is 0 Å². The van der Waals surface area contributed by atoms with Gasteiger partial charge in [-0.15, -0.1) is 0 Å². The van der Waals surface area contributed by atoms with Crippen LogP contribution in [0.4, 0.5) is 5.69 Å². The lowest BCUT2D eigenvalue weighted by atomic mass is 10.1. The van der Waals surface area contributed by atoms with Crippen LogP contribution >= 0.6 is 15.9 Å². The van der Waals surface area contributed by atoms with Gasteiger partial charge < -0.3 is 10.2 Å². The summed E-state index contributed by atoms with van der Waals surface area (Å²) >= 11 is 3.53. The van der Waals surface area contributed by atoms with Gasteiger partial charge in [0.15, 0.2) is 0 Å². The molecule has 2 aromatic rings. The van der Waals surface area contributed by atoms with E-state index >= 15 is 0 Å². The summed E-state index contributed by atoms with van der Waals surface area (Å²) in [6.45, 7) is 1.80. The summed E-state index contributed by atoms with van der Waals surface area (Å²) in [5, 5.41) is 3.12. The zero-order valence-corrected chi connectivity index (χ0v) is 15.3. The van der Waals surface area contributed by atoms with E-state index in [0.717, 1.165) is 30.4 Å². The van der Waals surface area contributed by atoms with Gasteiger partial charge in [-0.1, -0.05) is 52.3 Å². The molecule has 3 rings (SSSR count). The van der Waals surface area contributed by atoms with E-state index in [0.29, 0.717) is 12.5 Å². The summed E-state index contributed by atoms with van der Waals surface area (Å²) in [5.74, 6) is 0.130. The fourth-order valence-electron chi connectivity index (χ4n) is 3.28. The summed E-state index contributed by atoms with van der Waals surface area (Å²) in [6.07, 6.45) is 3.62. The number of carbonyl (C=O) groups is 1. The average molecular weight is 387 g/mol. The van der Waals surface area contributed by atoms with E-state index in [1.165, 1.54) is 17.7 Å². The molecule has 1 saturated heterocycles. The number of anilines is 1. The Morgan fingerprint density at radius 1 is 1.12 bits per heavy atom.